The predicted octanol–water partition coefficient (Wildman–Crippen LogP) is 3.85. The van der Waals surface area contributed by atoms with Crippen LogP contribution < -0.4 is 20.1 Å². The van der Waals surface area contributed by atoms with Crippen molar-refractivity contribution in [1.82, 2.24) is 10.6 Å². The van der Waals surface area contributed by atoms with Gasteiger partial charge >= 0.3 is 0 Å². The summed E-state index contributed by atoms with van der Waals surface area (Å²) in [6.07, 6.45) is 3.42. The first-order chi connectivity index (χ1) is 14.0. The van der Waals surface area contributed by atoms with E-state index in [1.165, 1.54) is 6.26 Å². The molecule has 7 nitrogen and oxygen atoms in total. The molecule has 0 spiro atoms. The molecule has 0 fully saturated rings. The van der Waals surface area contributed by atoms with Gasteiger partial charge in [0, 0.05) is 13.0 Å². The molecular weight excluding hydrogens is 372 g/mol. The van der Waals surface area contributed by atoms with E-state index >= 15 is 0 Å². The van der Waals surface area contributed by atoms with Crippen molar-refractivity contribution in [3.63, 3.8) is 0 Å². The molecule has 1 unspecified atom stereocenters. The highest BCUT2D eigenvalue weighted by atomic mass is 16.5. The monoisotopic (exact) mass is 402 g/mol. The molecule has 2 amide bonds. The van der Waals surface area contributed by atoms with Crippen molar-refractivity contribution in [3.05, 3.63) is 47.9 Å². The summed E-state index contributed by atoms with van der Waals surface area (Å²) in [4.78, 5) is 24.0. The molecule has 0 aliphatic heterocycles. The molecule has 7 heteroatoms. The first-order valence-corrected chi connectivity index (χ1v) is 10.1. The van der Waals surface area contributed by atoms with Crippen LogP contribution in [0.15, 0.2) is 41.0 Å². The van der Waals surface area contributed by atoms with E-state index in [0.29, 0.717) is 24.7 Å². The SMILES string of the molecule is CCCOc1ccc(C(C)NC(=O)CCNC(=O)c2ccco2)cc1OCCC. The minimum Gasteiger partial charge on any atom is -0.490 e. The summed E-state index contributed by atoms with van der Waals surface area (Å²) in [7, 11) is 0. The van der Waals surface area contributed by atoms with Crippen molar-refractivity contribution >= 4 is 11.8 Å². The lowest BCUT2D eigenvalue weighted by molar-refractivity contribution is -0.121. The third-order valence-electron chi connectivity index (χ3n) is 4.15. The molecule has 0 saturated carbocycles. The average Bonchev–Trinajstić information content (AvgIpc) is 3.25. The van der Waals surface area contributed by atoms with Gasteiger partial charge in [0.2, 0.25) is 5.91 Å². The minimum absolute atomic E-state index is 0.153. The number of amides is 2. The first kappa shape index (κ1) is 22.3. The van der Waals surface area contributed by atoms with Crippen LogP contribution >= 0.6 is 0 Å². The molecule has 1 aromatic carbocycles. The van der Waals surface area contributed by atoms with E-state index in [-0.39, 0.29) is 36.6 Å². The van der Waals surface area contributed by atoms with Crippen LogP contribution in [0.1, 0.15) is 62.2 Å². The number of furan rings is 1. The van der Waals surface area contributed by atoms with Gasteiger partial charge in [-0.2, -0.15) is 0 Å². The summed E-state index contributed by atoms with van der Waals surface area (Å²) in [6, 6.07) is 8.72. The third kappa shape index (κ3) is 7.18. The van der Waals surface area contributed by atoms with E-state index in [1.54, 1.807) is 12.1 Å². The molecular formula is C22H30N2O5. The molecule has 158 valence electrons. The van der Waals surface area contributed by atoms with Crippen molar-refractivity contribution in [3.8, 4) is 11.5 Å². The van der Waals surface area contributed by atoms with Crippen molar-refractivity contribution in [2.75, 3.05) is 19.8 Å². The highest BCUT2D eigenvalue weighted by Crippen LogP contribution is 2.31. The fraction of sp³-hybridized carbons (Fsp3) is 0.455. The van der Waals surface area contributed by atoms with Gasteiger partial charge in [0.25, 0.3) is 5.91 Å². The molecule has 0 bridgehead atoms. The Morgan fingerprint density at radius 2 is 1.79 bits per heavy atom. The quantitative estimate of drug-likeness (QED) is 0.563. The lowest BCUT2D eigenvalue weighted by Gasteiger charge is -2.18. The van der Waals surface area contributed by atoms with E-state index in [1.807, 2.05) is 32.0 Å². The van der Waals surface area contributed by atoms with Crippen molar-refractivity contribution in [2.45, 2.75) is 46.1 Å². The van der Waals surface area contributed by atoms with Crippen LogP contribution in [0.25, 0.3) is 0 Å². The van der Waals surface area contributed by atoms with Crippen LogP contribution in [0.5, 0.6) is 11.5 Å². The second kappa shape index (κ2) is 11.8. The normalized spacial score (nSPS) is 11.6. The van der Waals surface area contributed by atoms with Gasteiger partial charge in [0.05, 0.1) is 25.5 Å². The maximum absolute atomic E-state index is 12.2. The topological polar surface area (TPSA) is 89.8 Å². The van der Waals surface area contributed by atoms with E-state index in [2.05, 4.69) is 17.6 Å². The van der Waals surface area contributed by atoms with E-state index < -0.39 is 0 Å². The highest BCUT2D eigenvalue weighted by molar-refractivity contribution is 5.91. The molecule has 0 saturated heterocycles. The predicted molar refractivity (Wildman–Crippen MR) is 110 cm³/mol. The lowest BCUT2D eigenvalue weighted by Crippen LogP contribution is -2.32. The van der Waals surface area contributed by atoms with Gasteiger partial charge in [-0.15, -0.1) is 0 Å². The van der Waals surface area contributed by atoms with Crippen LogP contribution in [-0.4, -0.2) is 31.6 Å². The maximum atomic E-state index is 12.2. The Balaban J connectivity index is 1.88. The molecule has 2 aromatic rings. The summed E-state index contributed by atoms with van der Waals surface area (Å²) in [5, 5.41) is 5.60. The fourth-order valence-corrected chi connectivity index (χ4v) is 2.63. The molecule has 29 heavy (non-hydrogen) atoms. The van der Waals surface area contributed by atoms with E-state index in [9.17, 15) is 9.59 Å². The van der Waals surface area contributed by atoms with Crippen molar-refractivity contribution in [2.24, 2.45) is 0 Å². The number of ether oxygens (including phenoxy) is 2. The number of carbonyl (C=O) groups is 2. The molecule has 1 aromatic heterocycles. The largest absolute Gasteiger partial charge is 0.490 e. The molecule has 0 aliphatic carbocycles. The van der Waals surface area contributed by atoms with Gasteiger partial charge in [-0.1, -0.05) is 19.9 Å². The van der Waals surface area contributed by atoms with Crippen molar-refractivity contribution < 1.29 is 23.5 Å². The Labute approximate surface area is 171 Å². The Hall–Kier alpha value is -2.96. The summed E-state index contributed by atoms with van der Waals surface area (Å²) in [6.45, 7) is 7.46. The Kier molecular flexibility index (Phi) is 9.08. The molecule has 1 heterocycles. The van der Waals surface area contributed by atoms with Gasteiger partial charge in [-0.3, -0.25) is 9.59 Å². The number of hydrogen-bond acceptors (Lipinski definition) is 5. The zero-order valence-corrected chi connectivity index (χ0v) is 17.3. The Morgan fingerprint density at radius 1 is 1.07 bits per heavy atom. The number of benzene rings is 1. The molecule has 0 radical (unpaired) electrons. The van der Waals surface area contributed by atoms with Gasteiger partial charge in [0.1, 0.15) is 0 Å². The molecule has 2 N–H and O–H groups in total. The van der Waals surface area contributed by atoms with Crippen LogP contribution in [0, 0.1) is 0 Å². The van der Waals surface area contributed by atoms with Crippen LogP contribution in [0.4, 0.5) is 0 Å². The number of carbonyl (C=O) groups excluding carboxylic acids is 2. The zero-order chi connectivity index (χ0) is 21.1. The number of nitrogens with one attached hydrogen (secondary N) is 2. The van der Waals surface area contributed by atoms with Crippen LogP contribution in [0.3, 0.4) is 0 Å². The molecule has 2 rings (SSSR count). The average molecular weight is 402 g/mol. The van der Waals surface area contributed by atoms with Gasteiger partial charge in [-0.25, -0.2) is 0 Å². The smallest absolute Gasteiger partial charge is 0.286 e. The number of rotatable bonds is 12. The van der Waals surface area contributed by atoms with Gasteiger partial charge < -0.3 is 24.5 Å². The van der Waals surface area contributed by atoms with Crippen molar-refractivity contribution in [1.29, 1.82) is 0 Å². The van der Waals surface area contributed by atoms with Gasteiger partial charge in [0.15, 0.2) is 17.3 Å². The van der Waals surface area contributed by atoms with Gasteiger partial charge in [-0.05, 0) is 49.6 Å². The Morgan fingerprint density at radius 3 is 2.45 bits per heavy atom. The lowest BCUT2D eigenvalue weighted by atomic mass is 10.1. The maximum Gasteiger partial charge on any atom is 0.286 e. The number of hydrogen-bond donors (Lipinski definition) is 2. The second-order valence-corrected chi connectivity index (χ2v) is 6.68. The van der Waals surface area contributed by atoms with Crippen LogP contribution in [-0.2, 0) is 4.79 Å². The second-order valence-electron chi connectivity index (χ2n) is 6.68. The highest BCUT2D eigenvalue weighted by Gasteiger charge is 2.14. The fourth-order valence-electron chi connectivity index (χ4n) is 2.63. The summed E-state index contributed by atoms with van der Waals surface area (Å²) in [5.74, 6) is 1.13. The minimum atomic E-state index is -0.337. The Bertz CT molecular complexity index is 774. The van der Waals surface area contributed by atoms with E-state index in [4.69, 9.17) is 13.9 Å². The van der Waals surface area contributed by atoms with Crippen LogP contribution in [0.2, 0.25) is 0 Å². The van der Waals surface area contributed by atoms with E-state index in [0.717, 1.165) is 18.4 Å². The first-order valence-electron chi connectivity index (χ1n) is 10.1. The summed E-state index contributed by atoms with van der Waals surface area (Å²) >= 11 is 0. The third-order valence-corrected chi connectivity index (χ3v) is 4.15. The molecule has 1 atom stereocenters. The summed E-state index contributed by atoms with van der Waals surface area (Å²) in [5.41, 5.74) is 0.924. The molecule has 0 aliphatic rings. The zero-order valence-electron chi connectivity index (χ0n) is 17.3. The summed E-state index contributed by atoms with van der Waals surface area (Å²) < 4.78 is 16.6. The standard InChI is InChI=1S/C22H30N2O5/c1-4-12-27-18-9-8-17(15-20(18)28-13-5-2)16(3)24-21(25)10-11-23-22(26)19-7-6-14-29-19/h6-9,14-16H,4-5,10-13H2,1-3H3,(H,23,26)(H,24,25).